The van der Waals surface area contributed by atoms with Crippen molar-refractivity contribution in [3.63, 3.8) is 0 Å². The third-order valence-electron chi connectivity index (χ3n) is 3.43. The van der Waals surface area contributed by atoms with Crippen LogP contribution in [0.25, 0.3) is 0 Å². The second-order valence-electron chi connectivity index (χ2n) is 5.18. The minimum absolute atomic E-state index is 0.0153. The van der Waals surface area contributed by atoms with E-state index in [1.807, 2.05) is 4.90 Å². The van der Waals surface area contributed by atoms with Gasteiger partial charge in [0.15, 0.2) is 0 Å². The molecule has 12 heteroatoms. The van der Waals surface area contributed by atoms with Crippen molar-refractivity contribution in [3.8, 4) is 0 Å². The zero-order valence-corrected chi connectivity index (χ0v) is 14.5. The molecule has 0 bridgehead atoms. The number of ether oxygens (including phenoxy) is 1. The fraction of sp³-hybridized carbons (Fsp3) is 0.308. The molecule has 1 saturated heterocycles. The maximum Gasteiger partial charge on any atom is 0.296 e. The highest BCUT2D eigenvalue weighted by atomic mass is 35.5. The molecule has 134 valence electrons. The Hall–Kier alpha value is -2.21. The Kier molecular flexibility index (Phi) is 4.90. The van der Waals surface area contributed by atoms with Gasteiger partial charge in [-0.15, -0.1) is 0 Å². The van der Waals surface area contributed by atoms with Gasteiger partial charge in [-0.05, 0) is 29.8 Å². The molecule has 10 nitrogen and oxygen atoms in total. The minimum atomic E-state index is -4.38. The second-order valence-corrected chi connectivity index (χ2v) is 6.91. The van der Waals surface area contributed by atoms with Crippen molar-refractivity contribution in [2.24, 2.45) is 0 Å². The molecule has 1 fully saturated rings. The minimum Gasteiger partial charge on any atom is -0.398 e. The van der Waals surface area contributed by atoms with Crippen LogP contribution in [0.4, 0.5) is 23.3 Å². The zero-order chi connectivity index (χ0) is 18.0. The van der Waals surface area contributed by atoms with Crippen LogP contribution in [0.2, 0.25) is 5.28 Å². The lowest BCUT2D eigenvalue weighted by Gasteiger charge is -2.26. The highest BCUT2D eigenvalue weighted by Crippen LogP contribution is 2.24. The Morgan fingerprint density at radius 1 is 1.24 bits per heavy atom. The summed E-state index contributed by atoms with van der Waals surface area (Å²) in [7, 11) is -4.38. The van der Waals surface area contributed by atoms with E-state index in [2.05, 4.69) is 20.3 Å². The van der Waals surface area contributed by atoms with E-state index in [0.717, 1.165) is 0 Å². The van der Waals surface area contributed by atoms with Crippen LogP contribution in [0.3, 0.4) is 0 Å². The number of rotatable bonds is 4. The standard InChI is InChI=1S/C13H15ClN6O4S/c14-11-17-12(19-13(18-11)20-3-5-24-6-4-20)16-8-1-2-10(9(15)7-8)25(21,22)23/h1-2,7H,3-6,15H2,(H,21,22,23)(H,16,17,18,19). The Labute approximate surface area is 148 Å². The van der Waals surface area contributed by atoms with Crippen molar-refractivity contribution in [2.75, 3.05) is 42.3 Å². The average Bonchev–Trinajstić information content (AvgIpc) is 2.54. The van der Waals surface area contributed by atoms with Crippen molar-refractivity contribution >= 4 is 45.0 Å². The number of nitrogen functional groups attached to an aromatic ring is 1. The number of nitrogens with one attached hydrogen (secondary N) is 1. The molecule has 1 aliphatic rings. The van der Waals surface area contributed by atoms with Gasteiger partial charge >= 0.3 is 0 Å². The van der Waals surface area contributed by atoms with Gasteiger partial charge in [0.2, 0.25) is 17.2 Å². The summed E-state index contributed by atoms with van der Waals surface area (Å²) in [5.74, 6) is 0.592. The maximum atomic E-state index is 11.2. The van der Waals surface area contributed by atoms with E-state index in [1.165, 1.54) is 18.2 Å². The summed E-state index contributed by atoms with van der Waals surface area (Å²) >= 11 is 5.95. The molecule has 1 aliphatic heterocycles. The van der Waals surface area contributed by atoms with Crippen LogP contribution in [0.1, 0.15) is 0 Å². The lowest BCUT2D eigenvalue weighted by molar-refractivity contribution is 0.122. The SMILES string of the molecule is Nc1cc(Nc2nc(Cl)nc(N3CCOCC3)n2)ccc1S(=O)(=O)O. The summed E-state index contributed by atoms with van der Waals surface area (Å²) in [6, 6.07) is 3.94. The number of hydrogen-bond acceptors (Lipinski definition) is 9. The fourth-order valence-corrected chi connectivity index (χ4v) is 3.04. The Balaban J connectivity index is 1.85. The molecule has 1 aromatic carbocycles. The molecule has 0 radical (unpaired) electrons. The van der Waals surface area contributed by atoms with Crippen LogP contribution in [-0.4, -0.2) is 54.2 Å². The van der Waals surface area contributed by atoms with Crippen LogP contribution in [0.15, 0.2) is 23.1 Å². The van der Waals surface area contributed by atoms with Gasteiger partial charge in [0.05, 0.1) is 18.9 Å². The number of hydrogen-bond donors (Lipinski definition) is 3. The molecule has 1 aromatic heterocycles. The topological polar surface area (TPSA) is 144 Å². The number of nitrogens with zero attached hydrogens (tertiary/aromatic N) is 4. The molecule has 3 rings (SSSR count). The Bertz CT molecular complexity index is 888. The van der Waals surface area contributed by atoms with E-state index in [-0.39, 0.29) is 21.8 Å². The monoisotopic (exact) mass is 386 g/mol. The molecule has 25 heavy (non-hydrogen) atoms. The lowest BCUT2D eigenvalue weighted by atomic mass is 10.3. The molecule has 4 N–H and O–H groups in total. The average molecular weight is 387 g/mol. The highest BCUT2D eigenvalue weighted by molar-refractivity contribution is 7.86. The van der Waals surface area contributed by atoms with E-state index in [9.17, 15) is 8.42 Å². The first-order valence-electron chi connectivity index (χ1n) is 7.21. The second kappa shape index (κ2) is 6.96. The first-order valence-corrected chi connectivity index (χ1v) is 9.03. The van der Waals surface area contributed by atoms with Crippen LogP contribution in [0, 0.1) is 0 Å². The van der Waals surface area contributed by atoms with Crippen LogP contribution < -0.4 is 16.0 Å². The number of nitrogens with two attached hydrogens (primary N) is 1. The molecule has 2 heterocycles. The van der Waals surface area contributed by atoms with Gasteiger partial charge in [-0.2, -0.15) is 23.4 Å². The summed E-state index contributed by atoms with van der Waals surface area (Å²) in [5.41, 5.74) is 5.98. The summed E-state index contributed by atoms with van der Waals surface area (Å²) < 4.78 is 36.7. The lowest BCUT2D eigenvalue weighted by Crippen LogP contribution is -2.37. The number of benzene rings is 1. The van der Waals surface area contributed by atoms with Crippen LogP contribution >= 0.6 is 11.6 Å². The third kappa shape index (κ3) is 4.25. The van der Waals surface area contributed by atoms with Crippen molar-refractivity contribution in [1.82, 2.24) is 15.0 Å². The van der Waals surface area contributed by atoms with E-state index >= 15 is 0 Å². The highest BCUT2D eigenvalue weighted by Gasteiger charge is 2.17. The van der Waals surface area contributed by atoms with E-state index in [0.29, 0.717) is 37.9 Å². The smallest absolute Gasteiger partial charge is 0.296 e. The van der Waals surface area contributed by atoms with Gasteiger partial charge in [-0.25, -0.2) is 0 Å². The van der Waals surface area contributed by atoms with Crippen molar-refractivity contribution in [1.29, 1.82) is 0 Å². The first kappa shape index (κ1) is 17.6. The number of morpholine rings is 1. The Morgan fingerprint density at radius 2 is 1.96 bits per heavy atom. The molecule has 0 unspecified atom stereocenters. The predicted molar refractivity (Wildman–Crippen MR) is 91.8 cm³/mol. The van der Waals surface area contributed by atoms with E-state index in [4.69, 9.17) is 26.6 Å². The van der Waals surface area contributed by atoms with E-state index in [1.54, 1.807) is 0 Å². The van der Waals surface area contributed by atoms with Crippen LogP contribution in [0.5, 0.6) is 0 Å². The summed E-state index contributed by atoms with van der Waals surface area (Å²) in [6.07, 6.45) is 0. The molecule has 0 spiro atoms. The largest absolute Gasteiger partial charge is 0.398 e. The normalized spacial score (nSPS) is 15.2. The summed E-state index contributed by atoms with van der Waals surface area (Å²) in [4.78, 5) is 13.9. The maximum absolute atomic E-state index is 11.2. The fourth-order valence-electron chi connectivity index (χ4n) is 2.29. The summed E-state index contributed by atoms with van der Waals surface area (Å²) in [5, 5.41) is 2.90. The van der Waals surface area contributed by atoms with Gasteiger partial charge in [-0.1, -0.05) is 0 Å². The number of aromatic nitrogens is 3. The van der Waals surface area contributed by atoms with Crippen molar-refractivity contribution in [2.45, 2.75) is 4.90 Å². The molecular formula is C13H15ClN6O4S. The quantitative estimate of drug-likeness (QED) is 0.512. The van der Waals surface area contributed by atoms with Gasteiger partial charge in [-0.3, -0.25) is 4.55 Å². The molecule has 0 saturated carbocycles. The summed E-state index contributed by atoms with van der Waals surface area (Å²) in [6.45, 7) is 2.41. The third-order valence-corrected chi connectivity index (χ3v) is 4.53. The number of halogens is 1. The molecular weight excluding hydrogens is 372 g/mol. The number of anilines is 4. The van der Waals surface area contributed by atoms with Crippen molar-refractivity contribution < 1.29 is 17.7 Å². The first-order chi connectivity index (χ1) is 11.8. The Morgan fingerprint density at radius 3 is 2.60 bits per heavy atom. The van der Waals surface area contributed by atoms with Crippen LogP contribution in [-0.2, 0) is 14.9 Å². The van der Waals surface area contributed by atoms with Gasteiger partial charge < -0.3 is 20.7 Å². The molecule has 0 atom stereocenters. The zero-order valence-electron chi connectivity index (χ0n) is 12.9. The van der Waals surface area contributed by atoms with Gasteiger partial charge in [0.1, 0.15) is 4.90 Å². The van der Waals surface area contributed by atoms with E-state index < -0.39 is 10.1 Å². The van der Waals surface area contributed by atoms with Gasteiger partial charge in [0, 0.05) is 18.8 Å². The molecule has 0 aliphatic carbocycles. The predicted octanol–water partition coefficient (Wildman–Crippen LogP) is 0.934. The molecule has 0 amide bonds. The van der Waals surface area contributed by atoms with Crippen molar-refractivity contribution in [3.05, 3.63) is 23.5 Å². The van der Waals surface area contributed by atoms with Gasteiger partial charge in [0.25, 0.3) is 10.1 Å². The molecule has 2 aromatic rings.